The lowest BCUT2D eigenvalue weighted by atomic mass is 10.00. The summed E-state index contributed by atoms with van der Waals surface area (Å²) < 4.78 is 5.92. The van der Waals surface area contributed by atoms with Crippen molar-refractivity contribution in [3.8, 4) is 11.5 Å². The summed E-state index contributed by atoms with van der Waals surface area (Å²) in [5.41, 5.74) is 0.723. The van der Waals surface area contributed by atoms with E-state index in [2.05, 4.69) is 12.2 Å². The number of amides is 1. The molecule has 3 rings (SSSR count). The maximum absolute atomic E-state index is 12.6. The Morgan fingerprint density at radius 3 is 2.68 bits per heavy atom. The second-order valence-electron chi connectivity index (χ2n) is 6.65. The van der Waals surface area contributed by atoms with E-state index in [1.165, 1.54) is 24.2 Å². The smallest absolute Gasteiger partial charge is 0.279 e. The summed E-state index contributed by atoms with van der Waals surface area (Å²) in [4.78, 5) is 14.0. The standard InChI is InChI=1S/C21H26N2O2/c1-2-17-10-8-9-15-23(17)16-21(24)22-19-13-6-7-14-20(19)25-18-11-4-3-5-12-18/h3-7,11-14,17H,2,8-10,15-16H2,1H3,(H,22,24)/p+1/t17-/m0/s1. The van der Waals surface area contributed by atoms with Crippen molar-refractivity contribution in [2.45, 2.75) is 38.6 Å². The fraction of sp³-hybridized carbons (Fsp3) is 0.381. The molecule has 0 spiro atoms. The molecular weight excluding hydrogens is 312 g/mol. The summed E-state index contributed by atoms with van der Waals surface area (Å²) in [6, 6.07) is 17.8. The first kappa shape index (κ1) is 17.5. The van der Waals surface area contributed by atoms with Gasteiger partial charge in [0.1, 0.15) is 5.75 Å². The minimum atomic E-state index is 0.0551. The van der Waals surface area contributed by atoms with Gasteiger partial charge >= 0.3 is 0 Å². The van der Waals surface area contributed by atoms with Gasteiger partial charge in [-0.2, -0.15) is 0 Å². The summed E-state index contributed by atoms with van der Waals surface area (Å²) in [7, 11) is 0. The van der Waals surface area contributed by atoms with Gasteiger partial charge in [-0.05, 0) is 49.9 Å². The van der Waals surface area contributed by atoms with Gasteiger partial charge in [0.25, 0.3) is 5.91 Å². The van der Waals surface area contributed by atoms with Gasteiger partial charge in [-0.25, -0.2) is 0 Å². The van der Waals surface area contributed by atoms with E-state index in [0.29, 0.717) is 18.3 Å². The molecule has 25 heavy (non-hydrogen) atoms. The molecule has 2 aromatic carbocycles. The molecule has 0 aromatic heterocycles. The van der Waals surface area contributed by atoms with Gasteiger partial charge in [-0.15, -0.1) is 0 Å². The summed E-state index contributed by atoms with van der Waals surface area (Å²) in [6.07, 6.45) is 4.87. The predicted molar refractivity (Wildman–Crippen MR) is 100 cm³/mol. The fourth-order valence-electron chi connectivity index (χ4n) is 3.55. The highest BCUT2D eigenvalue weighted by Gasteiger charge is 2.26. The van der Waals surface area contributed by atoms with E-state index in [-0.39, 0.29) is 5.91 Å². The van der Waals surface area contributed by atoms with Crippen LogP contribution < -0.4 is 15.0 Å². The lowest BCUT2D eigenvalue weighted by Crippen LogP contribution is -3.17. The first-order valence-corrected chi connectivity index (χ1v) is 9.22. The number of piperidine rings is 1. The van der Waals surface area contributed by atoms with Crippen LogP contribution in [0.2, 0.25) is 0 Å². The van der Waals surface area contributed by atoms with Gasteiger partial charge in [0, 0.05) is 0 Å². The van der Waals surface area contributed by atoms with Crippen molar-refractivity contribution in [2.24, 2.45) is 0 Å². The zero-order chi connectivity index (χ0) is 17.5. The topological polar surface area (TPSA) is 42.8 Å². The van der Waals surface area contributed by atoms with Gasteiger partial charge in [0.2, 0.25) is 0 Å². The van der Waals surface area contributed by atoms with Crippen LogP contribution in [0.4, 0.5) is 5.69 Å². The highest BCUT2D eigenvalue weighted by Crippen LogP contribution is 2.28. The Labute approximate surface area is 149 Å². The third-order valence-corrected chi connectivity index (χ3v) is 4.89. The van der Waals surface area contributed by atoms with E-state index in [0.717, 1.165) is 24.4 Å². The van der Waals surface area contributed by atoms with Crippen molar-refractivity contribution < 1.29 is 14.4 Å². The van der Waals surface area contributed by atoms with Crippen LogP contribution in [0.25, 0.3) is 0 Å². The summed E-state index contributed by atoms with van der Waals surface area (Å²) >= 11 is 0. The summed E-state index contributed by atoms with van der Waals surface area (Å²) in [5.74, 6) is 1.49. The van der Waals surface area contributed by atoms with E-state index in [9.17, 15) is 4.79 Å². The minimum absolute atomic E-state index is 0.0551. The number of quaternary nitrogens is 1. The Kier molecular flexibility index (Phi) is 6.07. The van der Waals surface area contributed by atoms with Gasteiger partial charge in [0.05, 0.1) is 18.3 Å². The second-order valence-corrected chi connectivity index (χ2v) is 6.65. The number of hydrogen-bond donors (Lipinski definition) is 2. The van der Waals surface area contributed by atoms with Crippen LogP contribution in [0, 0.1) is 0 Å². The molecule has 1 saturated heterocycles. The number of rotatable bonds is 6. The van der Waals surface area contributed by atoms with Gasteiger partial charge < -0.3 is 15.0 Å². The molecule has 1 aliphatic rings. The molecule has 0 bridgehead atoms. The molecule has 2 N–H and O–H groups in total. The third-order valence-electron chi connectivity index (χ3n) is 4.89. The lowest BCUT2D eigenvalue weighted by molar-refractivity contribution is -0.923. The molecular formula is C21H27N2O2+. The van der Waals surface area contributed by atoms with Gasteiger partial charge in [-0.3, -0.25) is 4.79 Å². The Balaban J connectivity index is 1.65. The molecule has 2 aromatic rings. The normalized spacial score (nSPS) is 20.0. The molecule has 1 unspecified atom stereocenters. The SMILES string of the molecule is CC[C@H]1CCCC[NH+]1CC(=O)Nc1ccccc1Oc1ccccc1. The third kappa shape index (κ3) is 4.83. The highest BCUT2D eigenvalue weighted by atomic mass is 16.5. The number of likely N-dealkylation sites (tertiary alicyclic amines) is 1. The Bertz CT molecular complexity index is 687. The molecule has 1 amide bonds. The number of hydrogen-bond acceptors (Lipinski definition) is 2. The minimum Gasteiger partial charge on any atom is -0.455 e. The molecule has 1 fully saturated rings. The lowest BCUT2D eigenvalue weighted by Gasteiger charge is -2.31. The van der Waals surface area contributed by atoms with E-state index in [1.54, 1.807) is 0 Å². The van der Waals surface area contributed by atoms with E-state index >= 15 is 0 Å². The number of anilines is 1. The largest absolute Gasteiger partial charge is 0.455 e. The number of para-hydroxylation sites is 3. The molecule has 1 heterocycles. The Morgan fingerprint density at radius 1 is 1.12 bits per heavy atom. The maximum atomic E-state index is 12.6. The highest BCUT2D eigenvalue weighted by molar-refractivity contribution is 5.93. The predicted octanol–water partition coefficient (Wildman–Crippen LogP) is 3.26. The molecule has 0 aliphatic carbocycles. The van der Waals surface area contributed by atoms with Crippen molar-refractivity contribution in [3.63, 3.8) is 0 Å². The van der Waals surface area contributed by atoms with Crippen LogP contribution in [-0.4, -0.2) is 25.0 Å². The summed E-state index contributed by atoms with van der Waals surface area (Å²) in [5, 5.41) is 3.04. The number of carbonyl (C=O) groups is 1. The van der Waals surface area contributed by atoms with E-state index in [4.69, 9.17) is 4.74 Å². The molecule has 0 radical (unpaired) electrons. The van der Waals surface area contributed by atoms with Crippen molar-refractivity contribution in [3.05, 3.63) is 54.6 Å². The Hall–Kier alpha value is -2.33. The first-order valence-electron chi connectivity index (χ1n) is 9.22. The quantitative estimate of drug-likeness (QED) is 0.848. The number of carbonyl (C=O) groups excluding carboxylic acids is 1. The van der Waals surface area contributed by atoms with Crippen molar-refractivity contribution in [1.82, 2.24) is 0 Å². The average molecular weight is 339 g/mol. The van der Waals surface area contributed by atoms with Crippen LogP contribution in [0.5, 0.6) is 11.5 Å². The number of ether oxygens (including phenoxy) is 1. The Morgan fingerprint density at radius 2 is 1.88 bits per heavy atom. The van der Waals surface area contributed by atoms with Gasteiger partial charge in [0.15, 0.2) is 12.3 Å². The summed E-state index contributed by atoms with van der Waals surface area (Å²) in [6.45, 7) is 3.84. The van der Waals surface area contributed by atoms with Crippen LogP contribution in [0.15, 0.2) is 54.6 Å². The second kappa shape index (κ2) is 8.67. The van der Waals surface area contributed by atoms with E-state index < -0.39 is 0 Å². The van der Waals surface area contributed by atoms with Crippen molar-refractivity contribution in [1.29, 1.82) is 0 Å². The first-order chi connectivity index (χ1) is 12.3. The average Bonchev–Trinajstić information content (AvgIpc) is 2.64. The molecule has 132 valence electrons. The van der Waals surface area contributed by atoms with Crippen LogP contribution in [0.3, 0.4) is 0 Å². The van der Waals surface area contributed by atoms with Gasteiger partial charge in [-0.1, -0.05) is 37.3 Å². The van der Waals surface area contributed by atoms with E-state index in [1.807, 2.05) is 54.6 Å². The monoisotopic (exact) mass is 339 g/mol. The van der Waals surface area contributed by atoms with Crippen LogP contribution in [0.1, 0.15) is 32.6 Å². The van der Waals surface area contributed by atoms with Crippen LogP contribution in [-0.2, 0) is 4.79 Å². The molecule has 4 nitrogen and oxygen atoms in total. The number of benzene rings is 2. The zero-order valence-electron chi connectivity index (χ0n) is 14.8. The maximum Gasteiger partial charge on any atom is 0.279 e. The fourth-order valence-corrected chi connectivity index (χ4v) is 3.55. The van der Waals surface area contributed by atoms with Crippen LogP contribution >= 0.6 is 0 Å². The van der Waals surface area contributed by atoms with Crippen molar-refractivity contribution in [2.75, 3.05) is 18.4 Å². The molecule has 2 atom stereocenters. The zero-order valence-corrected chi connectivity index (χ0v) is 14.8. The van der Waals surface area contributed by atoms with Crippen molar-refractivity contribution >= 4 is 11.6 Å². The molecule has 4 heteroatoms. The number of nitrogens with one attached hydrogen (secondary N) is 2. The molecule has 1 aliphatic heterocycles. The molecule has 0 saturated carbocycles.